The molecule has 0 amide bonds. The third-order valence-corrected chi connectivity index (χ3v) is 3.65. The lowest BCUT2D eigenvalue weighted by Crippen LogP contribution is -2.40. The smallest absolute Gasteiger partial charge is 0.00913 e. The number of hydrogen-bond donors (Lipinski definition) is 1. The Labute approximate surface area is 85.5 Å². The molecule has 1 aromatic carbocycles. The molecule has 14 heavy (non-hydrogen) atoms. The number of hydrogen-bond acceptors (Lipinski definition) is 1. The van der Waals surface area contributed by atoms with Crippen LogP contribution < -0.4 is 5.32 Å². The number of benzene rings is 1. The molecule has 74 valence electrons. The zero-order valence-electron chi connectivity index (χ0n) is 8.55. The minimum atomic E-state index is 0.808. The van der Waals surface area contributed by atoms with Gasteiger partial charge in [-0.2, -0.15) is 0 Å². The van der Waals surface area contributed by atoms with Crippen LogP contribution in [0.1, 0.15) is 35.4 Å². The van der Waals surface area contributed by atoms with Gasteiger partial charge in [0.1, 0.15) is 0 Å². The highest BCUT2D eigenvalue weighted by atomic mass is 14.9. The van der Waals surface area contributed by atoms with Crippen molar-refractivity contribution >= 4 is 0 Å². The quantitative estimate of drug-likeness (QED) is 0.711. The van der Waals surface area contributed by atoms with Crippen LogP contribution in [0, 0.1) is 0 Å². The van der Waals surface area contributed by atoms with Gasteiger partial charge in [0, 0.05) is 19.0 Å². The Morgan fingerprint density at radius 2 is 1.93 bits per heavy atom. The molecule has 1 aliphatic carbocycles. The first kappa shape index (κ1) is 8.49. The maximum absolute atomic E-state index is 3.37. The van der Waals surface area contributed by atoms with E-state index >= 15 is 0 Å². The van der Waals surface area contributed by atoms with Gasteiger partial charge in [-0.25, -0.2) is 0 Å². The van der Waals surface area contributed by atoms with Gasteiger partial charge in [0.05, 0.1) is 0 Å². The van der Waals surface area contributed by atoms with E-state index in [1.54, 1.807) is 16.7 Å². The van der Waals surface area contributed by atoms with E-state index in [2.05, 4.69) is 23.5 Å². The average molecular weight is 187 g/mol. The van der Waals surface area contributed by atoms with Crippen LogP contribution in [-0.2, 0) is 12.8 Å². The Balaban J connectivity index is 2.01. The summed E-state index contributed by atoms with van der Waals surface area (Å²) in [6, 6.07) is 6.91. The Hall–Kier alpha value is -0.820. The maximum Gasteiger partial charge on any atom is 0.00913 e. The Morgan fingerprint density at radius 1 is 1.07 bits per heavy atom. The van der Waals surface area contributed by atoms with Gasteiger partial charge in [0.15, 0.2) is 0 Å². The minimum Gasteiger partial charge on any atom is -0.315 e. The molecule has 1 fully saturated rings. The van der Waals surface area contributed by atoms with E-state index in [9.17, 15) is 0 Å². The molecule has 0 aromatic heterocycles. The van der Waals surface area contributed by atoms with E-state index in [0.717, 1.165) is 5.92 Å². The van der Waals surface area contributed by atoms with E-state index in [1.807, 2.05) is 0 Å². The van der Waals surface area contributed by atoms with Crippen molar-refractivity contribution in [3.05, 3.63) is 34.9 Å². The highest BCUT2D eigenvalue weighted by Gasteiger charge is 2.23. The highest BCUT2D eigenvalue weighted by Crippen LogP contribution is 2.30. The Bertz CT molecular complexity index is 339. The van der Waals surface area contributed by atoms with E-state index < -0.39 is 0 Å². The molecular formula is C13H17N. The van der Waals surface area contributed by atoms with Crippen LogP contribution in [0.15, 0.2) is 18.2 Å². The molecule has 0 radical (unpaired) electrons. The second kappa shape index (κ2) is 3.39. The van der Waals surface area contributed by atoms with Crippen molar-refractivity contribution in [1.29, 1.82) is 0 Å². The number of aryl methyl sites for hydroxylation is 1. The predicted octanol–water partition coefficient (Wildman–Crippen LogP) is 2.25. The monoisotopic (exact) mass is 187 g/mol. The van der Waals surface area contributed by atoms with Crippen LogP contribution in [0.2, 0.25) is 0 Å². The van der Waals surface area contributed by atoms with Crippen molar-refractivity contribution in [2.75, 3.05) is 13.1 Å². The van der Waals surface area contributed by atoms with Gasteiger partial charge in [0.2, 0.25) is 0 Å². The van der Waals surface area contributed by atoms with Crippen LogP contribution in [0.5, 0.6) is 0 Å². The number of rotatable bonds is 1. The fourth-order valence-electron chi connectivity index (χ4n) is 2.70. The summed E-state index contributed by atoms with van der Waals surface area (Å²) in [6.07, 6.45) is 5.41. The van der Waals surface area contributed by atoms with E-state index in [-0.39, 0.29) is 0 Å². The van der Waals surface area contributed by atoms with E-state index in [1.165, 1.54) is 38.8 Å². The first-order valence-electron chi connectivity index (χ1n) is 5.76. The molecule has 1 heterocycles. The number of fused-ring (bicyclic) bond motifs is 1. The van der Waals surface area contributed by atoms with Gasteiger partial charge >= 0.3 is 0 Å². The SMILES string of the molecule is c1cc2c(c(C3CNC3)c1)CCCC2. The van der Waals surface area contributed by atoms with Crippen LogP contribution in [0.4, 0.5) is 0 Å². The first-order valence-corrected chi connectivity index (χ1v) is 5.76. The highest BCUT2D eigenvalue weighted by molar-refractivity contribution is 5.40. The summed E-state index contributed by atoms with van der Waals surface area (Å²) in [6.45, 7) is 2.38. The van der Waals surface area contributed by atoms with Crippen LogP contribution >= 0.6 is 0 Å². The van der Waals surface area contributed by atoms with Gasteiger partial charge in [-0.15, -0.1) is 0 Å². The average Bonchev–Trinajstić information content (AvgIpc) is 2.16. The second-order valence-electron chi connectivity index (χ2n) is 4.55. The van der Waals surface area contributed by atoms with Gasteiger partial charge in [-0.3, -0.25) is 0 Å². The summed E-state index contributed by atoms with van der Waals surface area (Å²) in [4.78, 5) is 0. The molecule has 2 aliphatic rings. The maximum atomic E-state index is 3.37. The lowest BCUT2D eigenvalue weighted by atomic mass is 9.82. The molecule has 0 unspecified atom stereocenters. The molecule has 1 N–H and O–H groups in total. The van der Waals surface area contributed by atoms with Crippen molar-refractivity contribution in [3.8, 4) is 0 Å². The fraction of sp³-hybridized carbons (Fsp3) is 0.538. The van der Waals surface area contributed by atoms with E-state index in [0.29, 0.717) is 0 Å². The van der Waals surface area contributed by atoms with Gasteiger partial charge in [0.25, 0.3) is 0 Å². The predicted molar refractivity (Wildman–Crippen MR) is 58.7 cm³/mol. The third-order valence-electron chi connectivity index (χ3n) is 3.65. The summed E-state index contributed by atoms with van der Waals surface area (Å²) in [7, 11) is 0. The van der Waals surface area contributed by atoms with E-state index in [4.69, 9.17) is 0 Å². The largest absolute Gasteiger partial charge is 0.315 e. The normalized spacial score (nSPS) is 21.4. The van der Waals surface area contributed by atoms with Gasteiger partial charge < -0.3 is 5.32 Å². The molecular weight excluding hydrogens is 170 g/mol. The molecule has 0 saturated carbocycles. The fourth-order valence-corrected chi connectivity index (χ4v) is 2.70. The summed E-state index contributed by atoms with van der Waals surface area (Å²) in [5.41, 5.74) is 4.95. The van der Waals surface area contributed by atoms with Crippen LogP contribution in [0.3, 0.4) is 0 Å². The minimum absolute atomic E-state index is 0.808. The van der Waals surface area contributed by atoms with Crippen molar-refractivity contribution in [2.24, 2.45) is 0 Å². The molecule has 3 rings (SSSR count). The van der Waals surface area contributed by atoms with Gasteiger partial charge in [-0.1, -0.05) is 18.2 Å². The summed E-state index contributed by atoms with van der Waals surface area (Å²) >= 11 is 0. The zero-order chi connectivity index (χ0) is 9.38. The molecule has 1 aliphatic heterocycles. The number of nitrogens with one attached hydrogen (secondary N) is 1. The summed E-state index contributed by atoms with van der Waals surface area (Å²) in [5, 5.41) is 3.37. The van der Waals surface area contributed by atoms with Crippen molar-refractivity contribution in [3.63, 3.8) is 0 Å². The molecule has 0 bridgehead atoms. The third kappa shape index (κ3) is 1.27. The molecule has 0 spiro atoms. The van der Waals surface area contributed by atoms with Crippen molar-refractivity contribution in [1.82, 2.24) is 5.32 Å². The molecule has 1 heteroatoms. The molecule has 1 nitrogen and oxygen atoms in total. The lowest BCUT2D eigenvalue weighted by molar-refractivity contribution is 0.443. The topological polar surface area (TPSA) is 12.0 Å². The molecule has 1 aromatic rings. The second-order valence-corrected chi connectivity index (χ2v) is 4.55. The Morgan fingerprint density at radius 3 is 2.71 bits per heavy atom. The zero-order valence-corrected chi connectivity index (χ0v) is 8.55. The first-order chi connectivity index (χ1) is 6.95. The van der Waals surface area contributed by atoms with Crippen LogP contribution in [-0.4, -0.2) is 13.1 Å². The van der Waals surface area contributed by atoms with Crippen LogP contribution in [0.25, 0.3) is 0 Å². The standard InChI is InChI=1S/C13H17N/c1-2-6-12-10(4-1)5-3-7-13(12)11-8-14-9-11/h3,5,7,11,14H,1-2,4,6,8-9H2. The lowest BCUT2D eigenvalue weighted by Gasteiger charge is -2.31. The summed E-state index contributed by atoms with van der Waals surface area (Å²) in [5.74, 6) is 0.808. The molecule has 1 saturated heterocycles. The summed E-state index contributed by atoms with van der Waals surface area (Å²) < 4.78 is 0. The Kier molecular flexibility index (Phi) is 2.06. The van der Waals surface area contributed by atoms with Gasteiger partial charge in [-0.05, 0) is 42.4 Å². The van der Waals surface area contributed by atoms with Crippen molar-refractivity contribution in [2.45, 2.75) is 31.6 Å². The van der Waals surface area contributed by atoms with Crippen molar-refractivity contribution < 1.29 is 0 Å². The molecule has 0 atom stereocenters.